The zero-order valence-electron chi connectivity index (χ0n) is 11.5. The molecule has 0 aromatic carbocycles. The Morgan fingerprint density at radius 3 is 2.68 bits per heavy atom. The van der Waals surface area contributed by atoms with Crippen molar-refractivity contribution in [3.05, 3.63) is 5.89 Å². The van der Waals surface area contributed by atoms with E-state index in [0.717, 1.165) is 19.0 Å². The average molecular weight is 266 g/mol. The van der Waals surface area contributed by atoms with Gasteiger partial charge < -0.3 is 19.5 Å². The third-order valence-electron chi connectivity index (χ3n) is 4.09. The summed E-state index contributed by atoms with van der Waals surface area (Å²) in [6.45, 7) is 3.45. The summed E-state index contributed by atoms with van der Waals surface area (Å²) in [6.07, 6.45) is 5.05. The summed E-state index contributed by atoms with van der Waals surface area (Å²) in [5.41, 5.74) is 0. The van der Waals surface area contributed by atoms with Gasteiger partial charge >= 0.3 is 0 Å². The largest absolute Gasteiger partial charge is 0.379 e. The first-order valence-corrected chi connectivity index (χ1v) is 7.22. The number of nitrogens with one attached hydrogen (secondary N) is 1. The molecule has 0 spiro atoms. The molecular formula is C13H22N4O2. The predicted octanol–water partition coefficient (Wildman–Crippen LogP) is 1.15. The molecule has 3 rings (SSSR count). The molecule has 3 heterocycles. The van der Waals surface area contributed by atoms with Crippen molar-refractivity contribution < 1.29 is 9.26 Å². The van der Waals surface area contributed by atoms with E-state index in [9.17, 15) is 0 Å². The zero-order chi connectivity index (χ0) is 13.1. The van der Waals surface area contributed by atoms with Gasteiger partial charge in [-0.2, -0.15) is 4.98 Å². The van der Waals surface area contributed by atoms with Crippen molar-refractivity contribution in [1.82, 2.24) is 15.5 Å². The van der Waals surface area contributed by atoms with Gasteiger partial charge in [0.2, 0.25) is 5.89 Å². The Kier molecular flexibility index (Phi) is 3.98. The smallest absolute Gasteiger partial charge is 0.266 e. The van der Waals surface area contributed by atoms with E-state index in [1.54, 1.807) is 0 Å². The van der Waals surface area contributed by atoms with E-state index in [4.69, 9.17) is 9.26 Å². The summed E-state index contributed by atoms with van der Waals surface area (Å²) in [4.78, 5) is 6.82. The summed E-state index contributed by atoms with van der Waals surface area (Å²) < 4.78 is 10.9. The molecule has 2 saturated heterocycles. The highest BCUT2D eigenvalue weighted by molar-refractivity contribution is 5.28. The summed E-state index contributed by atoms with van der Waals surface area (Å²) in [7, 11) is 1.94. The van der Waals surface area contributed by atoms with Crippen molar-refractivity contribution in [2.75, 3.05) is 38.3 Å². The second-order valence-corrected chi connectivity index (χ2v) is 5.37. The lowest BCUT2D eigenvalue weighted by Crippen LogP contribution is -2.31. The Balaban J connectivity index is 1.71. The Hall–Kier alpha value is -1.14. The van der Waals surface area contributed by atoms with Crippen LogP contribution in [-0.2, 0) is 4.74 Å². The van der Waals surface area contributed by atoms with Crippen LogP contribution in [0, 0.1) is 0 Å². The highest BCUT2D eigenvalue weighted by atomic mass is 16.5. The first-order valence-electron chi connectivity index (χ1n) is 7.22. The molecule has 106 valence electrons. The van der Waals surface area contributed by atoms with Gasteiger partial charge in [-0.3, -0.25) is 0 Å². The third kappa shape index (κ3) is 2.74. The molecule has 2 atom stereocenters. The van der Waals surface area contributed by atoms with Crippen LogP contribution in [0.15, 0.2) is 4.52 Å². The Morgan fingerprint density at radius 2 is 1.95 bits per heavy atom. The van der Waals surface area contributed by atoms with E-state index in [1.165, 1.54) is 25.7 Å². The van der Waals surface area contributed by atoms with Crippen LogP contribution in [0.4, 0.5) is 5.95 Å². The topological polar surface area (TPSA) is 63.4 Å². The summed E-state index contributed by atoms with van der Waals surface area (Å²) in [5.74, 6) is 1.63. The van der Waals surface area contributed by atoms with Gasteiger partial charge in [0.15, 0.2) is 0 Å². The van der Waals surface area contributed by atoms with Crippen LogP contribution < -0.4 is 10.2 Å². The number of hydrogen-bond acceptors (Lipinski definition) is 6. The van der Waals surface area contributed by atoms with Gasteiger partial charge in [-0.15, -0.1) is 0 Å². The maximum atomic E-state index is 5.49. The predicted molar refractivity (Wildman–Crippen MR) is 71.4 cm³/mol. The SMILES string of the molecule is CNC1COCC1c1nc(N2CCCCCC2)no1. The Labute approximate surface area is 113 Å². The molecule has 2 fully saturated rings. The third-order valence-corrected chi connectivity index (χ3v) is 4.09. The minimum atomic E-state index is 0.179. The fourth-order valence-electron chi connectivity index (χ4n) is 2.86. The lowest BCUT2D eigenvalue weighted by molar-refractivity contribution is 0.185. The van der Waals surface area contributed by atoms with Gasteiger partial charge in [0.1, 0.15) is 0 Å². The first-order chi connectivity index (χ1) is 9.38. The van der Waals surface area contributed by atoms with Crippen LogP contribution in [0.5, 0.6) is 0 Å². The Bertz CT molecular complexity index is 401. The molecule has 2 aliphatic heterocycles. The molecule has 2 unspecified atom stereocenters. The molecule has 0 radical (unpaired) electrons. The molecule has 19 heavy (non-hydrogen) atoms. The van der Waals surface area contributed by atoms with Gasteiger partial charge in [-0.05, 0) is 25.0 Å². The molecule has 1 aromatic rings. The van der Waals surface area contributed by atoms with Gasteiger partial charge in [0.25, 0.3) is 5.95 Å². The molecule has 2 aliphatic rings. The van der Waals surface area contributed by atoms with Crippen LogP contribution in [-0.4, -0.2) is 49.5 Å². The highest BCUT2D eigenvalue weighted by Gasteiger charge is 2.33. The van der Waals surface area contributed by atoms with Gasteiger partial charge in [0.05, 0.1) is 19.1 Å². The number of nitrogens with zero attached hydrogens (tertiary/aromatic N) is 3. The van der Waals surface area contributed by atoms with Crippen LogP contribution >= 0.6 is 0 Å². The van der Waals surface area contributed by atoms with E-state index in [2.05, 4.69) is 20.4 Å². The second-order valence-electron chi connectivity index (χ2n) is 5.37. The lowest BCUT2D eigenvalue weighted by atomic mass is 10.0. The molecule has 1 N–H and O–H groups in total. The van der Waals surface area contributed by atoms with E-state index in [0.29, 0.717) is 19.1 Å². The molecule has 6 heteroatoms. The quantitative estimate of drug-likeness (QED) is 0.885. The van der Waals surface area contributed by atoms with Gasteiger partial charge in [-0.25, -0.2) is 0 Å². The van der Waals surface area contributed by atoms with E-state index in [-0.39, 0.29) is 12.0 Å². The van der Waals surface area contributed by atoms with E-state index >= 15 is 0 Å². The minimum Gasteiger partial charge on any atom is -0.379 e. The molecule has 1 aromatic heterocycles. The molecular weight excluding hydrogens is 244 g/mol. The van der Waals surface area contributed by atoms with E-state index < -0.39 is 0 Å². The minimum absolute atomic E-state index is 0.179. The second kappa shape index (κ2) is 5.88. The maximum Gasteiger partial charge on any atom is 0.266 e. The van der Waals surface area contributed by atoms with Crippen LogP contribution in [0.1, 0.15) is 37.5 Å². The van der Waals surface area contributed by atoms with Crippen molar-refractivity contribution in [2.24, 2.45) is 0 Å². The summed E-state index contributed by atoms with van der Waals surface area (Å²) in [5, 5.41) is 7.40. The number of rotatable bonds is 3. The zero-order valence-corrected chi connectivity index (χ0v) is 11.5. The Morgan fingerprint density at radius 1 is 1.16 bits per heavy atom. The summed E-state index contributed by atoms with van der Waals surface area (Å²) >= 11 is 0. The number of aromatic nitrogens is 2. The van der Waals surface area contributed by atoms with Gasteiger partial charge in [-0.1, -0.05) is 12.8 Å². The van der Waals surface area contributed by atoms with Crippen molar-refractivity contribution in [2.45, 2.75) is 37.6 Å². The van der Waals surface area contributed by atoms with Crippen molar-refractivity contribution in [1.29, 1.82) is 0 Å². The number of ether oxygens (including phenoxy) is 1. The van der Waals surface area contributed by atoms with Crippen molar-refractivity contribution >= 4 is 5.95 Å². The van der Waals surface area contributed by atoms with Crippen LogP contribution in [0.3, 0.4) is 0 Å². The van der Waals surface area contributed by atoms with Gasteiger partial charge in [0, 0.05) is 19.1 Å². The number of hydrogen-bond donors (Lipinski definition) is 1. The normalized spacial score (nSPS) is 28.6. The number of anilines is 1. The summed E-state index contributed by atoms with van der Waals surface area (Å²) in [6, 6.07) is 0.275. The standard InChI is InChI=1S/C13H22N4O2/c1-14-11-9-18-8-10(11)12-15-13(16-19-12)17-6-4-2-3-5-7-17/h10-11,14H,2-9H2,1H3. The number of likely N-dealkylation sites (N-methyl/N-ethyl adjacent to an activating group) is 1. The average Bonchev–Trinajstić information content (AvgIpc) is 3.01. The first kappa shape index (κ1) is 12.9. The fourth-order valence-corrected chi connectivity index (χ4v) is 2.86. The van der Waals surface area contributed by atoms with Crippen LogP contribution in [0.2, 0.25) is 0 Å². The molecule has 0 bridgehead atoms. The highest BCUT2D eigenvalue weighted by Crippen LogP contribution is 2.26. The van der Waals surface area contributed by atoms with Crippen LogP contribution in [0.25, 0.3) is 0 Å². The monoisotopic (exact) mass is 266 g/mol. The molecule has 0 amide bonds. The molecule has 0 saturated carbocycles. The lowest BCUT2D eigenvalue weighted by Gasteiger charge is -2.17. The maximum absolute atomic E-state index is 5.49. The molecule has 0 aliphatic carbocycles. The molecule has 6 nitrogen and oxygen atoms in total. The van der Waals surface area contributed by atoms with Crippen molar-refractivity contribution in [3.63, 3.8) is 0 Å². The van der Waals surface area contributed by atoms with E-state index in [1.807, 2.05) is 7.05 Å². The fraction of sp³-hybridized carbons (Fsp3) is 0.846. The van der Waals surface area contributed by atoms with Crippen molar-refractivity contribution in [3.8, 4) is 0 Å².